The molecule has 130 valence electrons. The monoisotopic (exact) mass is 366 g/mol. The van der Waals surface area contributed by atoms with Gasteiger partial charge in [-0.05, 0) is 49.2 Å². The highest BCUT2D eigenvalue weighted by Crippen LogP contribution is 2.36. The van der Waals surface area contributed by atoms with Gasteiger partial charge in [-0.3, -0.25) is 9.89 Å². The Balaban J connectivity index is 2.33. The second-order valence-electron chi connectivity index (χ2n) is 5.79. The summed E-state index contributed by atoms with van der Waals surface area (Å²) in [6.45, 7) is 3.44. The maximum atomic E-state index is 13.5. The Morgan fingerprint density at radius 1 is 1.04 bits per heavy atom. The van der Waals surface area contributed by atoms with Crippen LogP contribution in [0.5, 0.6) is 0 Å². The zero-order chi connectivity index (χ0) is 18.4. The number of aromatic nitrogens is 2. The van der Waals surface area contributed by atoms with E-state index >= 15 is 0 Å². The quantitative estimate of drug-likeness (QED) is 0.671. The second kappa shape index (κ2) is 6.11. The lowest BCUT2D eigenvalue weighted by atomic mass is 9.98. The van der Waals surface area contributed by atoms with Crippen LogP contribution in [-0.4, -0.2) is 9.78 Å². The lowest BCUT2D eigenvalue weighted by Crippen LogP contribution is -2.15. The van der Waals surface area contributed by atoms with E-state index in [0.29, 0.717) is 10.6 Å². The van der Waals surface area contributed by atoms with Gasteiger partial charge in [-0.25, -0.2) is 4.68 Å². The Morgan fingerprint density at radius 3 is 2.28 bits per heavy atom. The van der Waals surface area contributed by atoms with E-state index in [0.717, 1.165) is 10.2 Å². The number of aryl methyl sites for hydroxylation is 2. The molecule has 0 bridgehead atoms. The van der Waals surface area contributed by atoms with Gasteiger partial charge in [-0.1, -0.05) is 35.4 Å². The summed E-state index contributed by atoms with van der Waals surface area (Å²) in [7, 11) is 0. The standard InChI is InChI=1S/C18H14ClF3N2O/c1-10-3-4-11(2)14(9-10)15-16(18(20,21)22)23-24(17(15)25)13-7-5-12(19)6-8-13/h3-9,23H,1-2H3. The zero-order valence-electron chi connectivity index (χ0n) is 13.4. The molecule has 0 aliphatic heterocycles. The first kappa shape index (κ1) is 17.4. The summed E-state index contributed by atoms with van der Waals surface area (Å²) in [5.74, 6) is 0. The molecule has 0 fully saturated rings. The van der Waals surface area contributed by atoms with Crippen LogP contribution in [0.4, 0.5) is 13.2 Å². The van der Waals surface area contributed by atoms with Crippen LogP contribution in [0.25, 0.3) is 16.8 Å². The largest absolute Gasteiger partial charge is 0.433 e. The number of alkyl halides is 3. The first-order chi connectivity index (χ1) is 11.7. The summed E-state index contributed by atoms with van der Waals surface area (Å²) in [4.78, 5) is 12.8. The first-order valence-electron chi connectivity index (χ1n) is 7.44. The fourth-order valence-electron chi connectivity index (χ4n) is 2.67. The van der Waals surface area contributed by atoms with Crippen molar-refractivity contribution in [3.63, 3.8) is 0 Å². The lowest BCUT2D eigenvalue weighted by Gasteiger charge is -2.09. The smallest absolute Gasteiger partial charge is 0.286 e. The minimum absolute atomic E-state index is 0.265. The molecule has 3 rings (SSSR count). The number of aromatic amines is 1. The number of benzene rings is 2. The van der Waals surface area contributed by atoms with Crippen LogP contribution in [0.15, 0.2) is 47.3 Å². The number of hydrogen-bond donors (Lipinski definition) is 1. The van der Waals surface area contributed by atoms with Crippen molar-refractivity contribution in [2.45, 2.75) is 20.0 Å². The molecule has 0 amide bonds. The average molecular weight is 367 g/mol. The van der Waals surface area contributed by atoms with E-state index in [1.807, 2.05) is 0 Å². The van der Waals surface area contributed by atoms with Gasteiger partial charge in [0.15, 0.2) is 0 Å². The highest BCUT2D eigenvalue weighted by molar-refractivity contribution is 6.30. The van der Waals surface area contributed by atoms with E-state index in [2.05, 4.69) is 5.10 Å². The van der Waals surface area contributed by atoms with Gasteiger partial charge in [-0.2, -0.15) is 13.2 Å². The molecule has 1 heterocycles. The number of rotatable bonds is 2. The SMILES string of the molecule is Cc1ccc(C)c(-c2c(C(F)(F)F)[nH]n(-c3ccc(Cl)cc3)c2=O)c1. The van der Waals surface area contributed by atoms with Crippen LogP contribution in [0.2, 0.25) is 5.02 Å². The maximum Gasteiger partial charge on any atom is 0.433 e. The van der Waals surface area contributed by atoms with Gasteiger partial charge in [-0.15, -0.1) is 0 Å². The van der Waals surface area contributed by atoms with Gasteiger partial charge in [0.1, 0.15) is 5.69 Å². The number of nitrogens with one attached hydrogen (secondary N) is 1. The molecule has 0 unspecified atom stereocenters. The Labute approximate surface area is 146 Å². The van der Waals surface area contributed by atoms with Crippen LogP contribution < -0.4 is 5.56 Å². The van der Waals surface area contributed by atoms with Crippen LogP contribution in [0.1, 0.15) is 16.8 Å². The third-order valence-corrected chi connectivity index (χ3v) is 4.17. The van der Waals surface area contributed by atoms with E-state index in [1.54, 1.807) is 32.0 Å². The molecule has 1 N–H and O–H groups in total. The van der Waals surface area contributed by atoms with Crippen molar-refractivity contribution >= 4 is 11.6 Å². The molecule has 3 nitrogen and oxygen atoms in total. The summed E-state index contributed by atoms with van der Waals surface area (Å²) < 4.78 is 41.5. The molecular formula is C18H14ClF3N2O. The van der Waals surface area contributed by atoms with Crippen LogP contribution >= 0.6 is 11.6 Å². The van der Waals surface area contributed by atoms with Gasteiger partial charge in [0, 0.05) is 5.02 Å². The zero-order valence-corrected chi connectivity index (χ0v) is 14.2. The van der Waals surface area contributed by atoms with E-state index in [-0.39, 0.29) is 16.8 Å². The van der Waals surface area contributed by atoms with Crippen molar-refractivity contribution in [1.82, 2.24) is 9.78 Å². The average Bonchev–Trinajstić information content (AvgIpc) is 2.88. The minimum Gasteiger partial charge on any atom is -0.286 e. The fraction of sp³-hybridized carbons (Fsp3) is 0.167. The molecule has 0 aliphatic carbocycles. The Morgan fingerprint density at radius 2 is 1.68 bits per heavy atom. The van der Waals surface area contributed by atoms with Gasteiger partial charge in [0.25, 0.3) is 5.56 Å². The molecule has 1 aromatic heterocycles. The molecule has 0 spiro atoms. The van der Waals surface area contributed by atoms with E-state index < -0.39 is 17.4 Å². The summed E-state index contributed by atoms with van der Waals surface area (Å²) in [6, 6.07) is 11.0. The van der Waals surface area contributed by atoms with Crippen molar-refractivity contribution in [1.29, 1.82) is 0 Å². The van der Waals surface area contributed by atoms with Gasteiger partial charge < -0.3 is 0 Å². The minimum atomic E-state index is -4.69. The summed E-state index contributed by atoms with van der Waals surface area (Å²) in [6.07, 6.45) is -4.69. The number of hydrogen-bond acceptors (Lipinski definition) is 1. The van der Waals surface area contributed by atoms with E-state index in [4.69, 9.17) is 11.6 Å². The van der Waals surface area contributed by atoms with Crippen LogP contribution in [0.3, 0.4) is 0 Å². The topological polar surface area (TPSA) is 37.8 Å². The van der Waals surface area contributed by atoms with Crippen molar-refractivity contribution in [2.75, 3.05) is 0 Å². The molecule has 0 saturated heterocycles. The highest BCUT2D eigenvalue weighted by Gasteiger charge is 2.38. The summed E-state index contributed by atoms with van der Waals surface area (Å²) >= 11 is 5.80. The maximum absolute atomic E-state index is 13.5. The van der Waals surface area contributed by atoms with Gasteiger partial charge in [0.2, 0.25) is 0 Å². The van der Waals surface area contributed by atoms with Crippen LogP contribution in [0, 0.1) is 13.8 Å². The number of halogens is 4. The van der Waals surface area contributed by atoms with Crippen LogP contribution in [-0.2, 0) is 6.18 Å². The number of H-pyrrole nitrogens is 1. The van der Waals surface area contributed by atoms with Crippen molar-refractivity contribution in [2.24, 2.45) is 0 Å². The Bertz CT molecular complexity index is 985. The van der Waals surface area contributed by atoms with Crippen molar-refractivity contribution < 1.29 is 13.2 Å². The molecule has 0 radical (unpaired) electrons. The Kier molecular flexibility index (Phi) is 4.24. The molecule has 0 atom stereocenters. The van der Waals surface area contributed by atoms with Gasteiger partial charge in [0.05, 0.1) is 11.3 Å². The van der Waals surface area contributed by atoms with E-state index in [1.165, 1.54) is 24.3 Å². The lowest BCUT2D eigenvalue weighted by molar-refractivity contribution is -0.140. The summed E-state index contributed by atoms with van der Waals surface area (Å²) in [5.41, 5.74) is -0.311. The Hall–Kier alpha value is -2.47. The normalized spacial score (nSPS) is 11.8. The van der Waals surface area contributed by atoms with E-state index in [9.17, 15) is 18.0 Å². The van der Waals surface area contributed by atoms with Crippen molar-refractivity contribution in [3.8, 4) is 16.8 Å². The predicted octanol–water partition coefficient (Wildman–Crippen LogP) is 5.12. The molecule has 25 heavy (non-hydrogen) atoms. The predicted molar refractivity (Wildman–Crippen MR) is 91.3 cm³/mol. The molecule has 2 aromatic carbocycles. The molecule has 7 heteroatoms. The third-order valence-electron chi connectivity index (χ3n) is 3.92. The molecule has 0 saturated carbocycles. The molecule has 3 aromatic rings. The number of nitrogens with zero attached hydrogens (tertiary/aromatic N) is 1. The third kappa shape index (κ3) is 3.22. The highest BCUT2D eigenvalue weighted by atomic mass is 35.5. The second-order valence-corrected chi connectivity index (χ2v) is 6.23. The fourth-order valence-corrected chi connectivity index (χ4v) is 2.80. The molecule has 0 aliphatic rings. The first-order valence-corrected chi connectivity index (χ1v) is 7.82. The van der Waals surface area contributed by atoms with Crippen molar-refractivity contribution in [3.05, 3.63) is 74.7 Å². The summed E-state index contributed by atoms with van der Waals surface area (Å²) in [5, 5.41) is 2.63. The molecular weight excluding hydrogens is 353 g/mol. The van der Waals surface area contributed by atoms with Gasteiger partial charge >= 0.3 is 6.18 Å².